The second-order valence-electron chi connectivity index (χ2n) is 5.71. The number of likely N-dealkylation sites (tertiary alicyclic amines) is 1. The zero-order chi connectivity index (χ0) is 14.5. The van der Waals surface area contributed by atoms with Crippen LogP contribution in [0.5, 0.6) is 0 Å². The molecular weight excluding hydrogens is 316 g/mol. The van der Waals surface area contributed by atoms with Crippen molar-refractivity contribution >= 4 is 21.7 Å². The first-order valence-corrected chi connectivity index (χ1v) is 8.14. The summed E-state index contributed by atoms with van der Waals surface area (Å²) in [6, 6.07) is 2.17. The molecule has 112 valence electrons. The molecule has 0 aromatic carbocycles. The maximum absolute atomic E-state index is 4.62. The number of halogens is 1. The molecule has 1 saturated heterocycles. The molecule has 2 rings (SSSR count). The number of anilines is 1. The molecule has 2 heterocycles. The molecule has 5 heteroatoms. The molecule has 1 aromatic rings. The molecule has 4 nitrogen and oxygen atoms in total. The maximum Gasteiger partial charge on any atom is 0.132 e. The van der Waals surface area contributed by atoms with Crippen LogP contribution in [0.2, 0.25) is 0 Å². The summed E-state index contributed by atoms with van der Waals surface area (Å²) in [6.45, 7) is 7.47. The van der Waals surface area contributed by atoms with Gasteiger partial charge in [0.2, 0.25) is 0 Å². The van der Waals surface area contributed by atoms with Crippen molar-refractivity contribution in [3.63, 3.8) is 0 Å². The summed E-state index contributed by atoms with van der Waals surface area (Å²) in [4.78, 5) is 9.34. The number of pyridine rings is 1. The van der Waals surface area contributed by atoms with Crippen LogP contribution < -0.4 is 10.2 Å². The topological polar surface area (TPSA) is 31.4 Å². The first-order chi connectivity index (χ1) is 9.60. The second-order valence-corrected chi connectivity index (χ2v) is 6.63. The van der Waals surface area contributed by atoms with Gasteiger partial charge < -0.3 is 15.1 Å². The number of aromatic nitrogens is 1. The molecule has 1 unspecified atom stereocenters. The minimum Gasteiger partial charge on any atom is -0.359 e. The SMILES string of the molecule is CCNCc1cc(Br)cnc1N(C)CC1CCN(C)C1. The normalized spacial score (nSPS) is 19.5. The Labute approximate surface area is 130 Å². The van der Waals surface area contributed by atoms with Gasteiger partial charge in [-0.25, -0.2) is 4.98 Å². The van der Waals surface area contributed by atoms with Gasteiger partial charge in [-0.05, 0) is 54.5 Å². The van der Waals surface area contributed by atoms with E-state index in [4.69, 9.17) is 0 Å². The Kier molecular flexibility index (Phi) is 5.81. The molecule has 1 aromatic heterocycles. The summed E-state index contributed by atoms with van der Waals surface area (Å²) in [6.07, 6.45) is 3.18. The minimum absolute atomic E-state index is 0.752. The highest BCUT2D eigenvalue weighted by Gasteiger charge is 2.22. The van der Waals surface area contributed by atoms with Gasteiger partial charge in [-0.3, -0.25) is 0 Å². The van der Waals surface area contributed by atoms with E-state index in [2.05, 4.69) is 63.1 Å². The first kappa shape index (κ1) is 15.7. The summed E-state index contributed by atoms with van der Waals surface area (Å²) in [7, 11) is 4.36. The van der Waals surface area contributed by atoms with Crippen molar-refractivity contribution in [3.05, 3.63) is 22.3 Å². The Morgan fingerprint density at radius 1 is 1.55 bits per heavy atom. The Balaban J connectivity index is 2.05. The smallest absolute Gasteiger partial charge is 0.132 e. The van der Waals surface area contributed by atoms with Crippen molar-refractivity contribution in [1.82, 2.24) is 15.2 Å². The van der Waals surface area contributed by atoms with E-state index in [0.717, 1.165) is 35.8 Å². The van der Waals surface area contributed by atoms with Crippen LogP contribution in [-0.4, -0.2) is 50.2 Å². The molecule has 0 saturated carbocycles. The molecule has 1 aliphatic heterocycles. The average Bonchev–Trinajstić information content (AvgIpc) is 2.81. The third kappa shape index (κ3) is 4.17. The van der Waals surface area contributed by atoms with E-state index in [1.54, 1.807) is 0 Å². The van der Waals surface area contributed by atoms with E-state index in [1.807, 2.05) is 6.20 Å². The van der Waals surface area contributed by atoms with E-state index >= 15 is 0 Å². The van der Waals surface area contributed by atoms with Gasteiger partial charge in [0.25, 0.3) is 0 Å². The Hall–Kier alpha value is -0.650. The highest BCUT2D eigenvalue weighted by Crippen LogP contribution is 2.23. The summed E-state index contributed by atoms with van der Waals surface area (Å²) in [5.41, 5.74) is 1.26. The fraction of sp³-hybridized carbons (Fsp3) is 0.667. The van der Waals surface area contributed by atoms with Crippen molar-refractivity contribution in [2.75, 3.05) is 45.2 Å². The Morgan fingerprint density at radius 2 is 2.35 bits per heavy atom. The van der Waals surface area contributed by atoms with Crippen LogP contribution in [0.15, 0.2) is 16.7 Å². The van der Waals surface area contributed by atoms with Crippen LogP contribution in [-0.2, 0) is 6.54 Å². The summed E-state index contributed by atoms with van der Waals surface area (Å²) in [5, 5.41) is 3.39. The van der Waals surface area contributed by atoms with Crippen molar-refractivity contribution in [2.24, 2.45) is 5.92 Å². The van der Waals surface area contributed by atoms with Crippen LogP contribution in [0.25, 0.3) is 0 Å². The zero-order valence-electron chi connectivity index (χ0n) is 12.7. The van der Waals surface area contributed by atoms with Gasteiger partial charge in [0.1, 0.15) is 5.82 Å². The summed E-state index contributed by atoms with van der Waals surface area (Å²) >= 11 is 3.52. The van der Waals surface area contributed by atoms with Gasteiger partial charge in [-0.2, -0.15) is 0 Å². The lowest BCUT2D eigenvalue weighted by Gasteiger charge is -2.24. The Bertz CT molecular complexity index is 438. The fourth-order valence-corrected chi connectivity index (χ4v) is 3.24. The summed E-state index contributed by atoms with van der Waals surface area (Å²) in [5.74, 6) is 1.85. The van der Waals surface area contributed by atoms with Crippen molar-refractivity contribution < 1.29 is 0 Å². The third-order valence-electron chi connectivity index (χ3n) is 3.86. The highest BCUT2D eigenvalue weighted by atomic mass is 79.9. The molecule has 20 heavy (non-hydrogen) atoms. The number of nitrogens with one attached hydrogen (secondary N) is 1. The van der Waals surface area contributed by atoms with Crippen molar-refractivity contribution in [3.8, 4) is 0 Å². The van der Waals surface area contributed by atoms with Crippen LogP contribution in [0.1, 0.15) is 18.9 Å². The van der Waals surface area contributed by atoms with E-state index in [0.29, 0.717) is 0 Å². The molecule has 1 fully saturated rings. The third-order valence-corrected chi connectivity index (χ3v) is 4.29. The van der Waals surface area contributed by atoms with Gasteiger partial charge in [-0.15, -0.1) is 0 Å². The molecule has 0 spiro atoms. The molecule has 0 radical (unpaired) electrons. The number of hydrogen-bond acceptors (Lipinski definition) is 4. The number of hydrogen-bond donors (Lipinski definition) is 1. The highest BCUT2D eigenvalue weighted by molar-refractivity contribution is 9.10. The van der Waals surface area contributed by atoms with Crippen molar-refractivity contribution in [2.45, 2.75) is 19.9 Å². The van der Waals surface area contributed by atoms with E-state index < -0.39 is 0 Å². The Morgan fingerprint density at radius 3 is 3.00 bits per heavy atom. The monoisotopic (exact) mass is 340 g/mol. The number of rotatable bonds is 6. The second kappa shape index (κ2) is 7.38. The lowest BCUT2D eigenvalue weighted by molar-refractivity contribution is 0.395. The molecule has 1 N–H and O–H groups in total. The zero-order valence-corrected chi connectivity index (χ0v) is 14.3. The van der Waals surface area contributed by atoms with Crippen LogP contribution >= 0.6 is 15.9 Å². The van der Waals surface area contributed by atoms with E-state index in [1.165, 1.54) is 25.1 Å². The number of nitrogens with zero attached hydrogens (tertiary/aromatic N) is 3. The standard InChI is InChI=1S/C15H25BrN4/c1-4-17-8-13-7-14(16)9-18-15(13)20(3)11-12-5-6-19(2)10-12/h7,9,12,17H,4-6,8,10-11H2,1-3H3. The van der Waals surface area contributed by atoms with E-state index in [9.17, 15) is 0 Å². The van der Waals surface area contributed by atoms with Crippen LogP contribution in [0, 0.1) is 5.92 Å². The van der Waals surface area contributed by atoms with Crippen LogP contribution in [0.3, 0.4) is 0 Å². The van der Waals surface area contributed by atoms with Gasteiger partial charge in [0.15, 0.2) is 0 Å². The summed E-state index contributed by atoms with van der Waals surface area (Å²) < 4.78 is 1.04. The predicted molar refractivity (Wildman–Crippen MR) is 88.2 cm³/mol. The van der Waals surface area contributed by atoms with Gasteiger partial charge in [-0.1, -0.05) is 6.92 Å². The molecule has 0 aliphatic carbocycles. The molecule has 0 amide bonds. The van der Waals surface area contributed by atoms with Gasteiger partial charge in [0, 0.05) is 42.9 Å². The lowest BCUT2D eigenvalue weighted by Crippen LogP contribution is -2.29. The van der Waals surface area contributed by atoms with Gasteiger partial charge in [0.05, 0.1) is 0 Å². The van der Waals surface area contributed by atoms with Crippen molar-refractivity contribution in [1.29, 1.82) is 0 Å². The van der Waals surface area contributed by atoms with E-state index in [-0.39, 0.29) is 0 Å². The van der Waals surface area contributed by atoms with Crippen LogP contribution in [0.4, 0.5) is 5.82 Å². The predicted octanol–water partition coefficient (Wildman–Crippen LogP) is 2.34. The fourth-order valence-electron chi connectivity index (χ4n) is 2.86. The lowest BCUT2D eigenvalue weighted by atomic mass is 10.1. The first-order valence-electron chi connectivity index (χ1n) is 7.35. The molecular formula is C15H25BrN4. The largest absolute Gasteiger partial charge is 0.359 e. The van der Waals surface area contributed by atoms with Gasteiger partial charge >= 0.3 is 0 Å². The molecule has 0 bridgehead atoms. The maximum atomic E-state index is 4.62. The molecule has 1 atom stereocenters. The minimum atomic E-state index is 0.752. The quantitative estimate of drug-likeness (QED) is 0.861. The molecule has 1 aliphatic rings. The average molecular weight is 341 g/mol.